The van der Waals surface area contributed by atoms with Crippen molar-refractivity contribution in [3.63, 3.8) is 0 Å². The van der Waals surface area contributed by atoms with E-state index in [0.29, 0.717) is 32.2 Å². The first kappa shape index (κ1) is 16.8. The van der Waals surface area contributed by atoms with E-state index in [1.165, 1.54) is 0 Å². The maximum absolute atomic E-state index is 5.84. The summed E-state index contributed by atoms with van der Waals surface area (Å²) in [6.45, 7) is 4.41. The topological polar surface area (TPSA) is 62.9 Å². The molecule has 0 aliphatic heterocycles. The van der Waals surface area contributed by atoms with Gasteiger partial charge in [0.25, 0.3) is 0 Å². The molecular weight excluding hydrogens is 258 g/mol. The third kappa shape index (κ3) is 5.77. The highest BCUT2D eigenvalue weighted by atomic mass is 16.5. The fourth-order valence-corrected chi connectivity index (χ4v) is 1.67. The number of hydrogen-bond donors (Lipinski definition) is 1. The SMILES string of the molecule is COCCOCCCOc1ccc(C(C)N)cc1OC. The molecule has 5 nitrogen and oxygen atoms in total. The van der Waals surface area contributed by atoms with Crippen LogP contribution >= 0.6 is 0 Å². The highest BCUT2D eigenvalue weighted by Gasteiger charge is 2.07. The van der Waals surface area contributed by atoms with Gasteiger partial charge in [-0.05, 0) is 24.6 Å². The quantitative estimate of drug-likeness (QED) is 0.667. The zero-order valence-corrected chi connectivity index (χ0v) is 12.6. The van der Waals surface area contributed by atoms with E-state index in [9.17, 15) is 0 Å². The smallest absolute Gasteiger partial charge is 0.161 e. The lowest BCUT2D eigenvalue weighted by Gasteiger charge is -2.13. The second-order valence-electron chi connectivity index (χ2n) is 4.51. The fraction of sp³-hybridized carbons (Fsp3) is 0.600. The minimum Gasteiger partial charge on any atom is -0.493 e. The highest BCUT2D eigenvalue weighted by molar-refractivity contribution is 5.43. The number of rotatable bonds is 10. The Kier molecular flexibility index (Phi) is 8.02. The van der Waals surface area contributed by atoms with Crippen LogP contribution in [0.3, 0.4) is 0 Å². The molecule has 0 saturated carbocycles. The minimum absolute atomic E-state index is 0.0212. The van der Waals surface area contributed by atoms with E-state index in [0.717, 1.165) is 17.7 Å². The lowest BCUT2D eigenvalue weighted by atomic mass is 10.1. The molecule has 1 aromatic carbocycles. The zero-order chi connectivity index (χ0) is 14.8. The second-order valence-corrected chi connectivity index (χ2v) is 4.51. The Balaban J connectivity index is 2.36. The van der Waals surface area contributed by atoms with Gasteiger partial charge in [-0.25, -0.2) is 0 Å². The minimum atomic E-state index is -0.0212. The summed E-state index contributed by atoms with van der Waals surface area (Å²) in [5.74, 6) is 1.44. The Morgan fingerprint density at radius 2 is 1.85 bits per heavy atom. The third-order valence-electron chi connectivity index (χ3n) is 2.84. The van der Waals surface area contributed by atoms with Crippen molar-refractivity contribution in [3.8, 4) is 11.5 Å². The molecule has 0 spiro atoms. The van der Waals surface area contributed by atoms with Gasteiger partial charge in [-0.15, -0.1) is 0 Å². The molecule has 0 radical (unpaired) electrons. The second kappa shape index (κ2) is 9.58. The lowest BCUT2D eigenvalue weighted by Crippen LogP contribution is -2.08. The predicted molar refractivity (Wildman–Crippen MR) is 78.4 cm³/mol. The molecular formula is C15H25NO4. The van der Waals surface area contributed by atoms with Crippen LogP contribution in [0.25, 0.3) is 0 Å². The molecule has 0 aliphatic carbocycles. The summed E-state index contributed by atoms with van der Waals surface area (Å²) in [4.78, 5) is 0. The number of benzene rings is 1. The molecule has 0 aliphatic rings. The first-order chi connectivity index (χ1) is 9.69. The lowest BCUT2D eigenvalue weighted by molar-refractivity contribution is 0.0643. The first-order valence-electron chi connectivity index (χ1n) is 6.82. The average Bonchev–Trinajstić information content (AvgIpc) is 2.46. The highest BCUT2D eigenvalue weighted by Crippen LogP contribution is 2.29. The van der Waals surface area contributed by atoms with Crippen LogP contribution in [-0.4, -0.2) is 40.6 Å². The summed E-state index contributed by atoms with van der Waals surface area (Å²) >= 11 is 0. The molecule has 2 N–H and O–H groups in total. The maximum atomic E-state index is 5.84. The molecule has 1 unspecified atom stereocenters. The Labute approximate surface area is 121 Å². The molecule has 1 atom stereocenters. The van der Waals surface area contributed by atoms with E-state index in [-0.39, 0.29) is 6.04 Å². The van der Waals surface area contributed by atoms with Crippen molar-refractivity contribution in [2.45, 2.75) is 19.4 Å². The van der Waals surface area contributed by atoms with Gasteiger partial charge in [-0.1, -0.05) is 6.07 Å². The van der Waals surface area contributed by atoms with Crippen LogP contribution in [0.5, 0.6) is 11.5 Å². The molecule has 0 amide bonds. The van der Waals surface area contributed by atoms with E-state index < -0.39 is 0 Å². The monoisotopic (exact) mass is 283 g/mol. The molecule has 5 heteroatoms. The molecule has 0 saturated heterocycles. The third-order valence-corrected chi connectivity index (χ3v) is 2.84. The molecule has 114 valence electrons. The molecule has 0 bridgehead atoms. The van der Waals surface area contributed by atoms with Crippen molar-refractivity contribution in [1.82, 2.24) is 0 Å². The van der Waals surface area contributed by atoms with Crippen LogP contribution in [0.2, 0.25) is 0 Å². The number of hydrogen-bond acceptors (Lipinski definition) is 5. The van der Waals surface area contributed by atoms with Gasteiger partial charge in [0.05, 0.1) is 26.9 Å². The van der Waals surface area contributed by atoms with Gasteiger partial charge in [0.2, 0.25) is 0 Å². The van der Waals surface area contributed by atoms with E-state index in [1.807, 2.05) is 25.1 Å². The summed E-state index contributed by atoms with van der Waals surface area (Å²) < 4.78 is 21.3. The standard InChI is InChI=1S/C15H25NO4/c1-12(16)13-5-6-14(15(11-13)18-3)20-8-4-7-19-10-9-17-2/h5-6,11-12H,4,7-10,16H2,1-3H3. The molecule has 0 fully saturated rings. The van der Waals surface area contributed by atoms with Gasteiger partial charge < -0.3 is 24.7 Å². The van der Waals surface area contributed by atoms with Gasteiger partial charge in [-0.2, -0.15) is 0 Å². The van der Waals surface area contributed by atoms with Crippen molar-refractivity contribution in [3.05, 3.63) is 23.8 Å². The van der Waals surface area contributed by atoms with Crippen molar-refractivity contribution in [1.29, 1.82) is 0 Å². The van der Waals surface area contributed by atoms with Crippen LogP contribution in [-0.2, 0) is 9.47 Å². The van der Waals surface area contributed by atoms with Gasteiger partial charge in [-0.3, -0.25) is 0 Å². The molecule has 0 heterocycles. The Morgan fingerprint density at radius 1 is 1.05 bits per heavy atom. The Bertz CT molecular complexity index is 382. The maximum Gasteiger partial charge on any atom is 0.161 e. The predicted octanol–water partition coefficient (Wildman–Crippen LogP) is 2.15. The van der Waals surface area contributed by atoms with Crippen molar-refractivity contribution in [2.24, 2.45) is 5.73 Å². The first-order valence-corrected chi connectivity index (χ1v) is 6.82. The molecule has 1 rings (SSSR count). The van der Waals surface area contributed by atoms with E-state index >= 15 is 0 Å². The Hall–Kier alpha value is -1.30. The zero-order valence-electron chi connectivity index (χ0n) is 12.6. The fourth-order valence-electron chi connectivity index (χ4n) is 1.67. The molecule has 1 aromatic rings. The summed E-state index contributed by atoms with van der Waals surface area (Å²) in [6.07, 6.45) is 0.821. The van der Waals surface area contributed by atoms with Gasteiger partial charge in [0.1, 0.15) is 0 Å². The number of methoxy groups -OCH3 is 2. The van der Waals surface area contributed by atoms with Gasteiger partial charge in [0.15, 0.2) is 11.5 Å². The van der Waals surface area contributed by atoms with Crippen molar-refractivity contribution >= 4 is 0 Å². The van der Waals surface area contributed by atoms with Crippen LogP contribution in [0.15, 0.2) is 18.2 Å². The molecule has 0 aromatic heterocycles. The largest absolute Gasteiger partial charge is 0.493 e. The van der Waals surface area contributed by atoms with Crippen LogP contribution in [0, 0.1) is 0 Å². The number of nitrogens with two attached hydrogens (primary N) is 1. The van der Waals surface area contributed by atoms with Gasteiger partial charge >= 0.3 is 0 Å². The normalized spacial score (nSPS) is 12.2. The van der Waals surface area contributed by atoms with Crippen LogP contribution < -0.4 is 15.2 Å². The summed E-state index contributed by atoms with van der Waals surface area (Å²) in [5.41, 5.74) is 6.87. The summed E-state index contributed by atoms with van der Waals surface area (Å²) in [7, 11) is 3.28. The van der Waals surface area contributed by atoms with Crippen LogP contribution in [0.1, 0.15) is 24.9 Å². The van der Waals surface area contributed by atoms with Crippen molar-refractivity contribution < 1.29 is 18.9 Å². The average molecular weight is 283 g/mol. The molecule has 20 heavy (non-hydrogen) atoms. The summed E-state index contributed by atoms with van der Waals surface area (Å²) in [6, 6.07) is 5.74. The van der Waals surface area contributed by atoms with Crippen LogP contribution in [0.4, 0.5) is 0 Å². The van der Waals surface area contributed by atoms with Gasteiger partial charge in [0, 0.05) is 26.2 Å². The summed E-state index contributed by atoms with van der Waals surface area (Å²) in [5, 5.41) is 0. The van der Waals surface area contributed by atoms with E-state index in [2.05, 4.69) is 0 Å². The van der Waals surface area contributed by atoms with E-state index in [1.54, 1.807) is 14.2 Å². The van der Waals surface area contributed by atoms with Crippen molar-refractivity contribution in [2.75, 3.05) is 40.6 Å². The Morgan fingerprint density at radius 3 is 2.50 bits per heavy atom. The number of ether oxygens (including phenoxy) is 4. The van der Waals surface area contributed by atoms with E-state index in [4.69, 9.17) is 24.7 Å².